The van der Waals surface area contributed by atoms with Gasteiger partial charge in [-0.2, -0.15) is 15.4 Å². The summed E-state index contributed by atoms with van der Waals surface area (Å²) >= 11 is 0. The van der Waals surface area contributed by atoms with E-state index in [0.29, 0.717) is 30.9 Å². The van der Waals surface area contributed by atoms with Crippen LogP contribution in [0.2, 0.25) is 19.6 Å². The van der Waals surface area contributed by atoms with Crippen molar-refractivity contribution in [2.24, 2.45) is 0 Å². The summed E-state index contributed by atoms with van der Waals surface area (Å²) in [5.74, 6) is 0.393. The molecule has 1 saturated heterocycles. The average molecular weight is 677 g/mol. The number of aromatic amines is 1. The number of hydrogen-bond acceptors (Lipinski definition) is 8. The number of rotatable bonds is 12. The highest BCUT2D eigenvalue weighted by atomic mass is 35.5. The number of aromatic nitrogens is 6. The molecule has 2 N–H and O–H groups in total. The first kappa shape index (κ1) is 33.8. The van der Waals surface area contributed by atoms with Gasteiger partial charge >= 0.3 is 6.09 Å². The van der Waals surface area contributed by atoms with E-state index in [9.17, 15) is 4.79 Å². The van der Waals surface area contributed by atoms with Crippen molar-refractivity contribution in [3.63, 3.8) is 0 Å². The van der Waals surface area contributed by atoms with Gasteiger partial charge in [0.1, 0.15) is 25.7 Å². The van der Waals surface area contributed by atoms with Crippen LogP contribution in [0.1, 0.15) is 22.9 Å². The molecular weight excluding hydrogens is 639 g/mol. The molecule has 2 atom stereocenters. The molecule has 5 aromatic rings. The van der Waals surface area contributed by atoms with Crippen molar-refractivity contribution in [3.8, 4) is 16.9 Å². The molecule has 0 saturated carbocycles. The Morgan fingerprint density at radius 2 is 1.83 bits per heavy atom. The SMILES string of the molecule is COc1ccc(CC(NCc2ccc(-c3ccc(N4C[C@H](Cn5cc([Si](C)(C)C)nn5)OC4=O)cc3F)cc2)c2cn[nH]n2)cc1.Cl. The van der Waals surface area contributed by atoms with Gasteiger partial charge in [-0.25, -0.2) is 13.9 Å². The molecule has 0 spiro atoms. The summed E-state index contributed by atoms with van der Waals surface area (Å²) in [7, 11) is 0.0564. The van der Waals surface area contributed by atoms with Crippen LogP contribution in [0, 0.1) is 5.82 Å². The number of methoxy groups -OCH3 is 1. The number of benzene rings is 3. The Balaban J connectivity index is 0.00000433. The predicted octanol–water partition coefficient (Wildman–Crippen LogP) is 5.28. The van der Waals surface area contributed by atoms with Crippen LogP contribution in [0.3, 0.4) is 0 Å². The van der Waals surface area contributed by atoms with Crippen molar-refractivity contribution in [2.45, 2.75) is 51.3 Å². The minimum Gasteiger partial charge on any atom is -0.497 e. The van der Waals surface area contributed by atoms with Gasteiger partial charge in [-0.1, -0.05) is 61.3 Å². The second-order valence-electron chi connectivity index (χ2n) is 12.4. The van der Waals surface area contributed by atoms with Crippen molar-refractivity contribution >= 4 is 37.6 Å². The zero-order valence-electron chi connectivity index (χ0n) is 26.7. The zero-order valence-corrected chi connectivity index (χ0v) is 28.5. The van der Waals surface area contributed by atoms with Crippen molar-refractivity contribution < 1.29 is 18.7 Å². The molecule has 11 nitrogen and oxygen atoms in total. The Hall–Kier alpha value is -4.59. The van der Waals surface area contributed by atoms with Gasteiger partial charge in [0.15, 0.2) is 0 Å². The Kier molecular flexibility index (Phi) is 10.4. The number of halogens is 2. The maximum atomic E-state index is 15.4. The van der Waals surface area contributed by atoms with Crippen LogP contribution in [-0.4, -0.2) is 64.3 Å². The number of nitrogens with one attached hydrogen (secondary N) is 2. The van der Waals surface area contributed by atoms with Gasteiger partial charge in [0.25, 0.3) is 0 Å². The summed E-state index contributed by atoms with van der Waals surface area (Å²) in [6.45, 7) is 7.88. The van der Waals surface area contributed by atoms with Crippen LogP contribution in [0.25, 0.3) is 11.1 Å². The number of ether oxygens (including phenoxy) is 2. The van der Waals surface area contributed by atoms with Crippen molar-refractivity contribution in [1.29, 1.82) is 0 Å². The highest BCUT2D eigenvalue weighted by molar-refractivity contribution is 6.88. The minimum atomic E-state index is -1.59. The fourth-order valence-corrected chi connectivity index (χ4v) is 6.25. The summed E-state index contributed by atoms with van der Waals surface area (Å²) in [4.78, 5) is 14.1. The summed E-state index contributed by atoms with van der Waals surface area (Å²) in [5, 5.41) is 24.0. The lowest BCUT2D eigenvalue weighted by molar-refractivity contribution is 0.129. The molecule has 2 aromatic heterocycles. The molecule has 1 aliphatic rings. The highest BCUT2D eigenvalue weighted by Gasteiger charge is 2.33. The molecule has 14 heteroatoms. The molecule has 246 valence electrons. The lowest BCUT2D eigenvalue weighted by Gasteiger charge is -2.17. The van der Waals surface area contributed by atoms with Gasteiger partial charge in [-0.3, -0.25) is 4.90 Å². The van der Waals surface area contributed by atoms with E-state index in [2.05, 4.69) is 50.7 Å². The molecule has 6 rings (SSSR count). The van der Waals surface area contributed by atoms with E-state index in [1.54, 1.807) is 30.1 Å². The van der Waals surface area contributed by atoms with Crippen molar-refractivity contribution in [1.82, 2.24) is 35.7 Å². The van der Waals surface area contributed by atoms with E-state index in [1.165, 1.54) is 11.0 Å². The molecule has 1 aliphatic heterocycles. The zero-order chi connectivity index (χ0) is 32.3. The highest BCUT2D eigenvalue weighted by Crippen LogP contribution is 2.30. The Bertz CT molecular complexity index is 1780. The second-order valence-corrected chi connectivity index (χ2v) is 17.4. The van der Waals surface area contributed by atoms with E-state index in [4.69, 9.17) is 9.47 Å². The van der Waals surface area contributed by atoms with Crippen LogP contribution in [-0.2, 0) is 24.2 Å². The maximum Gasteiger partial charge on any atom is 0.414 e. The maximum absolute atomic E-state index is 15.4. The van der Waals surface area contributed by atoms with Crippen LogP contribution in [0.4, 0.5) is 14.9 Å². The fraction of sp³-hybridized carbons (Fsp3) is 0.303. The third-order valence-corrected chi connectivity index (χ3v) is 9.81. The van der Waals surface area contributed by atoms with Gasteiger partial charge in [0.05, 0.1) is 49.1 Å². The quantitative estimate of drug-likeness (QED) is 0.171. The number of carbonyl (C=O) groups excluding carboxylic acids is 1. The van der Waals surface area contributed by atoms with Gasteiger partial charge in [-0.05, 0) is 53.4 Å². The van der Waals surface area contributed by atoms with Gasteiger partial charge in [0.2, 0.25) is 0 Å². The first-order valence-corrected chi connectivity index (χ1v) is 18.7. The Labute approximate surface area is 279 Å². The van der Waals surface area contributed by atoms with Gasteiger partial charge < -0.3 is 14.8 Å². The molecule has 0 bridgehead atoms. The molecular formula is C33H38ClFN8O3Si. The predicted molar refractivity (Wildman–Crippen MR) is 182 cm³/mol. The van der Waals surface area contributed by atoms with Gasteiger partial charge in [-0.15, -0.1) is 17.5 Å². The smallest absolute Gasteiger partial charge is 0.414 e. The van der Waals surface area contributed by atoms with Crippen LogP contribution >= 0.6 is 12.4 Å². The van der Waals surface area contributed by atoms with Crippen LogP contribution in [0.15, 0.2) is 79.1 Å². The molecule has 0 aliphatic carbocycles. The first-order valence-electron chi connectivity index (χ1n) is 15.2. The summed E-state index contributed by atoms with van der Waals surface area (Å²) < 4.78 is 28.0. The first-order chi connectivity index (χ1) is 22.2. The van der Waals surface area contributed by atoms with E-state index >= 15 is 4.39 Å². The third-order valence-electron chi connectivity index (χ3n) is 8.04. The van der Waals surface area contributed by atoms with Crippen LogP contribution in [0.5, 0.6) is 5.75 Å². The average Bonchev–Trinajstić information content (AvgIpc) is 3.82. The number of nitrogens with zero attached hydrogens (tertiary/aromatic N) is 6. The molecule has 47 heavy (non-hydrogen) atoms. The fourth-order valence-electron chi connectivity index (χ4n) is 5.37. The molecule has 0 radical (unpaired) electrons. The topological polar surface area (TPSA) is 123 Å². The summed E-state index contributed by atoms with van der Waals surface area (Å²) in [6.07, 6.45) is 3.45. The minimum absolute atomic E-state index is 0. The second kappa shape index (κ2) is 14.4. The largest absolute Gasteiger partial charge is 0.497 e. The van der Waals surface area contributed by atoms with E-state index < -0.39 is 26.1 Å². The van der Waals surface area contributed by atoms with Gasteiger partial charge in [0, 0.05) is 18.3 Å². The lowest BCUT2D eigenvalue weighted by Crippen LogP contribution is -2.38. The molecule has 1 unspecified atom stereocenters. The van der Waals surface area contributed by atoms with E-state index in [0.717, 1.165) is 39.9 Å². The number of carbonyl (C=O) groups is 1. The molecule has 3 aromatic carbocycles. The van der Waals surface area contributed by atoms with Crippen molar-refractivity contribution in [2.75, 3.05) is 18.6 Å². The van der Waals surface area contributed by atoms with Crippen LogP contribution < -0.4 is 20.3 Å². The third kappa shape index (κ3) is 8.04. The molecule has 1 amide bonds. The monoisotopic (exact) mass is 676 g/mol. The van der Waals surface area contributed by atoms with Crippen molar-refractivity contribution in [3.05, 3.63) is 102 Å². The van der Waals surface area contributed by atoms with E-state index in [-0.39, 0.29) is 18.4 Å². The lowest BCUT2D eigenvalue weighted by atomic mass is 10.0. The molecule has 3 heterocycles. The summed E-state index contributed by atoms with van der Waals surface area (Å²) in [6, 6.07) is 20.5. The normalized spacial score (nSPS) is 15.3. The summed E-state index contributed by atoms with van der Waals surface area (Å²) in [5.41, 5.74) is 4.64. The number of cyclic esters (lactones) is 1. The standard InChI is InChI=1S/C33H37FN8O3Si.ClH/c1-44-26-12-7-22(8-13-26)15-30(31-18-36-39-37-31)35-17-23-5-9-24(10-6-23)28-14-11-25(16-29(28)34)42-20-27(45-33(42)43)19-41-21-32(38-40-41)46(2,3)4;/h5-14,16,18,21,27,30,35H,15,17,19-20H2,1-4H3,(H,36,37,39);1H/t27-,30?;/m0./s1. The Morgan fingerprint density at radius 1 is 1.09 bits per heavy atom. The number of anilines is 1. The molecule has 1 fully saturated rings. The van der Waals surface area contributed by atoms with E-state index in [1.807, 2.05) is 54.7 Å². The number of H-pyrrole nitrogens is 1. The number of amides is 1. The number of hydrogen-bond donors (Lipinski definition) is 2. The Morgan fingerprint density at radius 3 is 2.47 bits per heavy atom.